The van der Waals surface area contributed by atoms with Gasteiger partial charge in [0.25, 0.3) is 0 Å². The maximum Gasteiger partial charge on any atom is 0.317 e. The number of β-amino-alcohol motifs (C(OH)–C–C–N with tert-alkyl or cyclic N) is 1. The van der Waals surface area contributed by atoms with E-state index in [0.717, 1.165) is 31.2 Å². The minimum absolute atomic E-state index is 0.0178. The molecule has 1 aromatic rings. The third-order valence-electron chi connectivity index (χ3n) is 3.84. The molecule has 2 amide bonds. The van der Waals surface area contributed by atoms with Crippen molar-refractivity contribution in [1.82, 2.24) is 10.2 Å². The summed E-state index contributed by atoms with van der Waals surface area (Å²) in [5, 5.41) is 12.8. The van der Waals surface area contributed by atoms with Crippen LogP contribution in [0.15, 0.2) is 43.0 Å². The Labute approximate surface area is 126 Å². The summed E-state index contributed by atoms with van der Waals surface area (Å²) in [7, 11) is 0. The van der Waals surface area contributed by atoms with Crippen LogP contribution in [0.3, 0.4) is 0 Å². The van der Waals surface area contributed by atoms with E-state index in [0.29, 0.717) is 13.1 Å². The van der Waals surface area contributed by atoms with Gasteiger partial charge in [-0.2, -0.15) is 0 Å². The number of nitrogens with one attached hydrogen (secondary N) is 1. The van der Waals surface area contributed by atoms with Crippen LogP contribution in [0.25, 0.3) is 0 Å². The van der Waals surface area contributed by atoms with Crippen molar-refractivity contribution in [2.75, 3.05) is 13.1 Å². The summed E-state index contributed by atoms with van der Waals surface area (Å²) in [5.74, 6) is 0. The summed E-state index contributed by atoms with van der Waals surface area (Å²) in [6.07, 6.45) is 4.79. The summed E-state index contributed by atoms with van der Waals surface area (Å²) >= 11 is 0. The van der Waals surface area contributed by atoms with Crippen molar-refractivity contribution in [2.45, 2.75) is 37.8 Å². The standard InChI is InChI=1S/C17H24N2O2/c1-2-3-11-16(14-8-5-4-6-9-14)18-17(21)19-12-7-10-15(20)13-19/h2,4-6,8-9,15-16,20H,1,3,7,10-13H2,(H,18,21)/t15-,16-/m0/s1. The van der Waals surface area contributed by atoms with Crippen molar-refractivity contribution < 1.29 is 9.90 Å². The SMILES string of the molecule is C=CCC[C@H](NC(=O)N1CCC[C@H](O)C1)c1ccccc1. The Hall–Kier alpha value is -1.81. The van der Waals surface area contributed by atoms with Crippen LogP contribution < -0.4 is 5.32 Å². The molecule has 1 heterocycles. The maximum absolute atomic E-state index is 12.4. The van der Waals surface area contributed by atoms with Crippen LogP contribution in [-0.4, -0.2) is 35.2 Å². The normalized spacial score (nSPS) is 19.9. The van der Waals surface area contributed by atoms with Crippen LogP contribution in [0.5, 0.6) is 0 Å². The lowest BCUT2D eigenvalue weighted by molar-refractivity contribution is 0.0832. The molecule has 4 heteroatoms. The first-order valence-electron chi connectivity index (χ1n) is 7.60. The van der Waals surface area contributed by atoms with Crippen LogP contribution >= 0.6 is 0 Å². The molecule has 114 valence electrons. The predicted octanol–water partition coefficient (Wildman–Crippen LogP) is 2.86. The van der Waals surface area contributed by atoms with Gasteiger partial charge in [0.2, 0.25) is 0 Å². The number of allylic oxidation sites excluding steroid dienone is 1. The third kappa shape index (κ3) is 4.60. The largest absolute Gasteiger partial charge is 0.391 e. The van der Waals surface area contributed by atoms with Gasteiger partial charge in [-0.25, -0.2) is 4.79 Å². The monoisotopic (exact) mass is 288 g/mol. The van der Waals surface area contributed by atoms with Crippen molar-refractivity contribution in [2.24, 2.45) is 0 Å². The predicted molar refractivity (Wildman–Crippen MR) is 84.0 cm³/mol. The van der Waals surface area contributed by atoms with E-state index in [2.05, 4.69) is 11.9 Å². The van der Waals surface area contributed by atoms with Crippen LogP contribution in [0.1, 0.15) is 37.3 Å². The fourth-order valence-electron chi connectivity index (χ4n) is 2.67. The zero-order chi connectivity index (χ0) is 15.1. The summed E-state index contributed by atoms with van der Waals surface area (Å²) in [4.78, 5) is 14.1. The molecule has 1 aliphatic heterocycles. The molecule has 0 radical (unpaired) electrons. The number of hydrogen-bond donors (Lipinski definition) is 2. The Bertz CT molecular complexity index is 461. The van der Waals surface area contributed by atoms with Gasteiger partial charge in [-0.05, 0) is 31.2 Å². The fourth-order valence-corrected chi connectivity index (χ4v) is 2.67. The first-order valence-corrected chi connectivity index (χ1v) is 7.60. The highest BCUT2D eigenvalue weighted by molar-refractivity contribution is 5.74. The Morgan fingerprint density at radius 2 is 2.24 bits per heavy atom. The van der Waals surface area contributed by atoms with Crippen LogP contribution in [-0.2, 0) is 0 Å². The molecule has 1 fully saturated rings. The molecule has 0 aromatic heterocycles. The zero-order valence-corrected chi connectivity index (χ0v) is 12.4. The van der Waals surface area contributed by atoms with E-state index in [9.17, 15) is 9.90 Å². The van der Waals surface area contributed by atoms with E-state index in [4.69, 9.17) is 0 Å². The lowest BCUT2D eigenvalue weighted by Crippen LogP contribution is -2.48. The molecule has 4 nitrogen and oxygen atoms in total. The minimum atomic E-state index is -0.396. The molecule has 1 aliphatic rings. The van der Waals surface area contributed by atoms with E-state index in [-0.39, 0.29) is 12.1 Å². The van der Waals surface area contributed by atoms with Crippen LogP contribution in [0, 0.1) is 0 Å². The fraction of sp³-hybridized carbons (Fsp3) is 0.471. The van der Waals surface area contributed by atoms with Gasteiger partial charge in [-0.3, -0.25) is 0 Å². The number of amides is 2. The highest BCUT2D eigenvalue weighted by Gasteiger charge is 2.24. The second kappa shape index (κ2) is 7.84. The average molecular weight is 288 g/mol. The number of piperidine rings is 1. The highest BCUT2D eigenvalue weighted by Crippen LogP contribution is 2.19. The number of aliphatic hydroxyl groups excluding tert-OH is 1. The number of likely N-dealkylation sites (tertiary alicyclic amines) is 1. The molecule has 0 saturated carbocycles. The number of carbonyl (C=O) groups is 1. The van der Waals surface area contributed by atoms with E-state index in [1.807, 2.05) is 36.4 Å². The number of hydrogen-bond acceptors (Lipinski definition) is 2. The smallest absolute Gasteiger partial charge is 0.317 e. The average Bonchev–Trinajstić information content (AvgIpc) is 2.52. The lowest BCUT2D eigenvalue weighted by Gasteiger charge is -2.32. The van der Waals surface area contributed by atoms with Gasteiger partial charge in [-0.1, -0.05) is 36.4 Å². The van der Waals surface area contributed by atoms with E-state index in [1.165, 1.54) is 0 Å². The Morgan fingerprint density at radius 1 is 1.48 bits per heavy atom. The Kier molecular flexibility index (Phi) is 5.81. The first kappa shape index (κ1) is 15.6. The summed E-state index contributed by atoms with van der Waals surface area (Å²) in [5.41, 5.74) is 1.10. The highest BCUT2D eigenvalue weighted by atomic mass is 16.3. The quantitative estimate of drug-likeness (QED) is 0.819. The molecule has 0 spiro atoms. The molecular formula is C17H24N2O2. The molecule has 2 atom stereocenters. The minimum Gasteiger partial charge on any atom is -0.391 e. The van der Waals surface area contributed by atoms with Gasteiger partial charge in [0, 0.05) is 13.1 Å². The molecule has 2 N–H and O–H groups in total. The van der Waals surface area contributed by atoms with Crippen molar-refractivity contribution in [3.05, 3.63) is 48.6 Å². The van der Waals surface area contributed by atoms with Gasteiger partial charge in [0.1, 0.15) is 0 Å². The van der Waals surface area contributed by atoms with E-state index in [1.54, 1.807) is 4.90 Å². The Morgan fingerprint density at radius 3 is 2.90 bits per heavy atom. The number of aliphatic hydroxyl groups is 1. The number of urea groups is 1. The lowest BCUT2D eigenvalue weighted by atomic mass is 10.0. The van der Waals surface area contributed by atoms with Gasteiger partial charge >= 0.3 is 6.03 Å². The number of rotatable bonds is 5. The van der Waals surface area contributed by atoms with Crippen molar-refractivity contribution >= 4 is 6.03 Å². The van der Waals surface area contributed by atoms with Gasteiger partial charge < -0.3 is 15.3 Å². The number of carbonyl (C=O) groups excluding carboxylic acids is 1. The molecule has 0 aliphatic carbocycles. The van der Waals surface area contributed by atoms with Crippen molar-refractivity contribution in [1.29, 1.82) is 0 Å². The molecule has 1 aromatic carbocycles. The molecule has 0 unspecified atom stereocenters. The van der Waals surface area contributed by atoms with Crippen LogP contribution in [0.4, 0.5) is 4.79 Å². The summed E-state index contributed by atoms with van der Waals surface area (Å²) in [6.45, 7) is 4.89. The van der Waals surface area contributed by atoms with E-state index < -0.39 is 6.10 Å². The summed E-state index contributed by atoms with van der Waals surface area (Å²) < 4.78 is 0. The van der Waals surface area contributed by atoms with Crippen LogP contribution in [0.2, 0.25) is 0 Å². The molecule has 2 rings (SSSR count). The van der Waals surface area contributed by atoms with Gasteiger partial charge in [0.15, 0.2) is 0 Å². The Balaban J connectivity index is 2.00. The molecular weight excluding hydrogens is 264 g/mol. The van der Waals surface area contributed by atoms with E-state index >= 15 is 0 Å². The maximum atomic E-state index is 12.4. The molecule has 1 saturated heterocycles. The van der Waals surface area contributed by atoms with Gasteiger partial charge in [0.05, 0.1) is 12.1 Å². The topological polar surface area (TPSA) is 52.6 Å². The number of nitrogens with zero attached hydrogens (tertiary/aromatic N) is 1. The number of benzene rings is 1. The third-order valence-corrected chi connectivity index (χ3v) is 3.84. The van der Waals surface area contributed by atoms with Crippen molar-refractivity contribution in [3.8, 4) is 0 Å². The second-order valence-corrected chi connectivity index (χ2v) is 5.52. The summed E-state index contributed by atoms with van der Waals surface area (Å²) in [6, 6.07) is 9.87. The van der Waals surface area contributed by atoms with Gasteiger partial charge in [-0.15, -0.1) is 6.58 Å². The first-order chi connectivity index (χ1) is 10.2. The second-order valence-electron chi connectivity index (χ2n) is 5.52. The molecule has 21 heavy (non-hydrogen) atoms. The zero-order valence-electron chi connectivity index (χ0n) is 12.4. The van der Waals surface area contributed by atoms with Crippen molar-refractivity contribution in [3.63, 3.8) is 0 Å². The molecule has 0 bridgehead atoms.